The van der Waals surface area contributed by atoms with E-state index in [4.69, 9.17) is 23.2 Å². The summed E-state index contributed by atoms with van der Waals surface area (Å²) < 4.78 is 0. The molecule has 0 spiro atoms. The van der Waals surface area contributed by atoms with Crippen LogP contribution in [0.4, 0.5) is 11.4 Å². The second-order valence-corrected chi connectivity index (χ2v) is 10.7. The molecule has 7 nitrogen and oxygen atoms in total. The number of nitrogens with zero attached hydrogens (tertiary/aromatic N) is 1. The van der Waals surface area contributed by atoms with Gasteiger partial charge in [-0.05, 0) is 46.5 Å². The summed E-state index contributed by atoms with van der Waals surface area (Å²) in [6.45, 7) is 0.932. The molecule has 1 heterocycles. The Morgan fingerprint density at radius 1 is 0.730 bits per heavy atom. The zero-order valence-corrected chi connectivity index (χ0v) is 21.1. The number of hydrogen-bond acceptors (Lipinski definition) is 4. The highest BCUT2D eigenvalue weighted by Gasteiger charge is 2.73. The minimum absolute atomic E-state index is 0.211. The number of halogens is 2. The zero-order chi connectivity index (χ0) is 26.1. The number of nitrogens with one attached hydrogen (secondary N) is 2. The Morgan fingerprint density at radius 3 is 1.49 bits per heavy atom. The van der Waals surface area contributed by atoms with Crippen LogP contribution in [0.25, 0.3) is 0 Å². The SMILES string of the molecule is CC(=O)Nc1ccc(NC(=O)CN2C(=O)[C@H]3[C@H](C2=O)C2(Cl)c4ccccc4C3(Cl)c3ccccc32)cc1. The molecule has 3 aliphatic carbocycles. The van der Waals surface area contributed by atoms with E-state index in [1.165, 1.54) is 6.92 Å². The quantitative estimate of drug-likeness (QED) is 0.388. The normalized spacial score (nSPS) is 26.8. The Bertz CT molecular complexity index is 1380. The van der Waals surface area contributed by atoms with Gasteiger partial charge in [-0.25, -0.2) is 0 Å². The first-order valence-electron chi connectivity index (χ1n) is 11.8. The Balaban J connectivity index is 1.33. The third kappa shape index (κ3) is 3.20. The standard InChI is InChI=1S/C28H21Cl2N3O4/c1-15(34)31-16-10-12-17(13-11-16)32-22(35)14-33-25(36)23-24(26(33)37)28(30)19-7-3-2-6-18(19)27(23,29)20-8-4-5-9-21(20)28/h2-13,23-24H,14H2,1H3,(H,31,34)(H,32,35)/t23-,24-,27?,28?/m1/s1. The van der Waals surface area contributed by atoms with E-state index in [-0.39, 0.29) is 5.91 Å². The second kappa shape index (κ2) is 8.16. The number of rotatable bonds is 4. The van der Waals surface area contributed by atoms with Crippen LogP contribution in [0.2, 0.25) is 0 Å². The fraction of sp³-hybridized carbons (Fsp3) is 0.214. The molecule has 0 unspecified atom stereocenters. The Morgan fingerprint density at radius 2 is 1.11 bits per heavy atom. The Hall–Kier alpha value is -3.68. The highest BCUT2D eigenvalue weighted by Crippen LogP contribution is 2.69. The molecular formula is C28H21Cl2N3O4. The van der Waals surface area contributed by atoms with Crippen molar-refractivity contribution in [3.63, 3.8) is 0 Å². The van der Waals surface area contributed by atoms with Gasteiger partial charge in [-0.15, -0.1) is 23.2 Å². The molecule has 1 saturated heterocycles. The Kier molecular flexibility index (Phi) is 5.23. The van der Waals surface area contributed by atoms with Crippen molar-refractivity contribution < 1.29 is 19.2 Å². The summed E-state index contributed by atoms with van der Waals surface area (Å²) in [6, 6.07) is 21.3. The monoisotopic (exact) mass is 533 g/mol. The van der Waals surface area contributed by atoms with Gasteiger partial charge in [0.15, 0.2) is 0 Å². The van der Waals surface area contributed by atoms with E-state index in [9.17, 15) is 19.2 Å². The molecule has 0 saturated carbocycles. The smallest absolute Gasteiger partial charge is 0.244 e. The maximum Gasteiger partial charge on any atom is 0.244 e. The molecule has 4 amide bonds. The van der Waals surface area contributed by atoms with Crippen LogP contribution in [0.5, 0.6) is 0 Å². The largest absolute Gasteiger partial charge is 0.326 e. The van der Waals surface area contributed by atoms with E-state index in [1.54, 1.807) is 24.3 Å². The van der Waals surface area contributed by atoms with Gasteiger partial charge in [0.2, 0.25) is 23.6 Å². The van der Waals surface area contributed by atoms with E-state index in [1.807, 2.05) is 48.5 Å². The van der Waals surface area contributed by atoms with Gasteiger partial charge >= 0.3 is 0 Å². The van der Waals surface area contributed by atoms with Crippen molar-refractivity contribution in [3.8, 4) is 0 Å². The van der Waals surface area contributed by atoms with E-state index >= 15 is 0 Å². The molecule has 0 aromatic heterocycles. The van der Waals surface area contributed by atoms with E-state index < -0.39 is 45.9 Å². The summed E-state index contributed by atoms with van der Waals surface area (Å²) in [7, 11) is 0. The molecule has 1 aliphatic heterocycles. The van der Waals surface area contributed by atoms with E-state index in [2.05, 4.69) is 10.6 Å². The molecule has 9 heteroatoms. The molecule has 3 aromatic carbocycles. The van der Waals surface area contributed by atoms with Gasteiger partial charge < -0.3 is 10.6 Å². The third-order valence-corrected chi connectivity index (χ3v) is 8.75. The molecule has 2 atom stereocenters. The lowest BCUT2D eigenvalue weighted by molar-refractivity contribution is -0.142. The molecule has 1 fully saturated rings. The summed E-state index contributed by atoms with van der Waals surface area (Å²) in [6.07, 6.45) is 0. The van der Waals surface area contributed by atoms with Crippen LogP contribution >= 0.6 is 23.2 Å². The van der Waals surface area contributed by atoms with Crippen LogP contribution in [0.3, 0.4) is 0 Å². The number of carbonyl (C=O) groups excluding carboxylic acids is 4. The summed E-state index contributed by atoms with van der Waals surface area (Å²) in [5.41, 5.74) is 3.86. The van der Waals surface area contributed by atoms with Gasteiger partial charge in [0.05, 0.1) is 11.8 Å². The number of likely N-dealkylation sites (tertiary alicyclic amines) is 1. The lowest BCUT2D eigenvalue weighted by atomic mass is 9.54. The Labute approximate surface area is 222 Å². The molecule has 186 valence electrons. The lowest BCUT2D eigenvalue weighted by Crippen LogP contribution is -2.57. The first-order chi connectivity index (χ1) is 17.7. The van der Waals surface area contributed by atoms with Gasteiger partial charge in [0.25, 0.3) is 0 Å². The van der Waals surface area contributed by atoms with Crippen molar-refractivity contribution >= 4 is 58.2 Å². The van der Waals surface area contributed by atoms with Gasteiger partial charge in [0.1, 0.15) is 16.3 Å². The van der Waals surface area contributed by atoms with Gasteiger partial charge in [-0.1, -0.05) is 48.5 Å². The molecule has 4 aliphatic rings. The lowest BCUT2D eigenvalue weighted by Gasteiger charge is -2.54. The predicted octanol–water partition coefficient (Wildman–Crippen LogP) is 4.18. The number of anilines is 2. The van der Waals surface area contributed by atoms with Crippen molar-refractivity contribution in [2.75, 3.05) is 17.2 Å². The highest BCUT2D eigenvalue weighted by molar-refractivity contribution is 6.36. The summed E-state index contributed by atoms with van der Waals surface area (Å²) >= 11 is 14.8. The van der Waals surface area contributed by atoms with Crippen LogP contribution in [0.15, 0.2) is 72.8 Å². The van der Waals surface area contributed by atoms with Crippen molar-refractivity contribution in [3.05, 3.63) is 95.1 Å². The first-order valence-corrected chi connectivity index (χ1v) is 12.5. The molecule has 0 radical (unpaired) electrons. The zero-order valence-electron chi connectivity index (χ0n) is 19.6. The fourth-order valence-electron chi connectivity index (χ4n) is 6.06. The van der Waals surface area contributed by atoms with Gasteiger partial charge in [-0.2, -0.15) is 0 Å². The summed E-state index contributed by atoms with van der Waals surface area (Å²) in [5, 5.41) is 5.35. The van der Waals surface area contributed by atoms with Crippen LogP contribution in [0, 0.1) is 11.8 Å². The minimum Gasteiger partial charge on any atom is -0.326 e. The van der Waals surface area contributed by atoms with Crippen LogP contribution in [-0.4, -0.2) is 35.1 Å². The number of amides is 4. The number of carbonyl (C=O) groups is 4. The fourth-order valence-corrected chi connectivity index (χ4v) is 7.16. The maximum atomic E-state index is 13.8. The van der Waals surface area contributed by atoms with E-state index in [0.29, 0.717) is 33.6 Å². The van der Waals surface area contributed by atoms with Gasteiger partial charge in [-0.3, -0.25) is 24.1 Å². The first kappa shape index (κ1) is 23.7. The average Bonchev–Trinajstić information content (AvgIpc) is 3.14. The topological polar surface area (TPSA) is 95.6 Å². The number of benzene rings is 3. The van der Waals surface area contributed by atoms with Crippen LogP contribution < -0.4 is 10.6 Å². The second-order valence-electron chi connectivity index (χ2n) is 9.54. The summed E-state index contributed by atoms with van der Waals surface area (Å²) in [4.78, 5) is 50.1. The van der Waals surface area contributed by atoms with Crippen LogP contribution in [0.1, 0.15) is 29.2 Å². The molecule has 2 bridgehead atoms. The molecule has 3 aromatic rings. The van der Waals surface area contributed by atoms with Crippen molar-refractivity contribution in [1.82, 2.24) is 4.90 Å². The highest BCUT2D eigenvalue weighted by atomic mass is 35.5. The minimum atomic E-state index is -1.29. The van der Waals surface area contributed by atoms with Crippen molar-refractivity contribution in [2.24, 2.45) is 11.8 Å². The van der Waals surface area contributed by atoms with Crippen molar-refractivity contribution in [1.29, 1.82) is 0 Å². The number of imide groups is 1. The summed E-state index contributed by atoms with van der Waals surface area (Å²) in [5.74, 6) is -3.69. The molecular weight excluding hydrogens is 513 g/mol. The van der Waals surface area contributed by atoms with Crippen LogP contribution in [-0.2, 0) is 28.9 Å². The maximum absolute atomic E-state index is 13.8. The number of alkyl halides is 2. The molecule has 7 rings (SSSR count). The third-order valence-electron chi connectivity index (χ3n) is 7.47. The van der Waals surface area contributed by atoms with Crippen molar-refractivity contribution in [2.45, 2.75) is 16.7 Å². The molecule has 37 heavy (non-hydrogen) atoms. The molecule has 2 N–H and O–H groups in total. The van der Waals surface area contributed by atoms with Gasteiger partial charge in [0, 0.05) is 18.3 Å². The average molecular weight is 534 g/mol. The number of hydrogen-bond donors (Lipinski definition) is 2. The predicted molar refractivity (Wildman–Crippen MR) is 139 cm³/mol. The van der Waals surface area contributed by atoms with E-state index in [0.717, 1.165) is 4.90 Å².